The fraction of sp³-hybridized carbons (Fsp3) is 1.00. The fourth-order valence-electron chi connectivity index (χ4n) is 1.58. The first-order valence-electron chi connectivity index (χ1n) is 4.17. The predicted octanol–water partition coefficient (Wildman–Crippen LogP) is 1.82. The molecule has 1 aliphatic heterocycles. The summed E-state index contributed by atoms with van der Waals surface area (Å²) in [5.74, 6) is -2.69. The van der Waals surface area contributed by atoms with Crippen molar-refractivity contribution in [1.82, 2.24) is 0 Å². The van der Waals surface area contributed by atoms with Crippen LogP contribution in [-0.4, -0.2) is 25.7 Å². The minimum Gasteiger partial charge on any atom is -0.381 e. The molecule has 5 heteroatoms. The average Bonchev–Trinajstić information content (AvgIpc) is 2.04. The van der Waals surface area contributed by atoms with Gasteiger partial charge in [0, 0.05) is 19.8 Å². The van der Waals surface area contributed by atoms with Crippen molar-refractivity contribution in [2.75, 3.05) is 19.8 Å². The lowest BCUT2D eigenvalue weighted by atomic mass is 9.75. The number of halogens is 3. The highest BCUT2D eigenvalue weighted by Gasteiger charge is 2.49. The molecule has 0 aromatic carbocycles. The van der Waals surface area contributed by atoms with E-state index in [2.05, 4.69) is 0 Å². The SMILES string of the molecule is CC(F)(F)C1(CN)CCOCC1.Cl. The Morgan fingerprint density at radius 3 is 2.08 bits per heavy atom. The van der Waals surface area contributed by atoms with Gasteiger partial charge in [-0.2, -0.15) is 0 Å². The number of hydrogen-bond acceptors (Lipinski definition) is 2. The first kappa shape index (κ1) is 13.1. The number of hydrogen-bond donors (Lipinski definition) is 1. The summed E-state index contributed by atoms with van der Waals surface area (Å²) in [6, 6.07) is 0. The van der Waals surface area contributed by atoms with E-state index in [1.165, 1.54) is 0 Å². The van der Waals surface area contributed by atoms with Crippen molar-refractivity contribution in [3.05, 3.63) is 0 Å². The van der Waals surface area contributed by atoms with Gasteiger partial charge in [0.15, 0.2) is 0 Å². The van der Waals surface area contributed by atoms with E-state index in [1.807, 2.05) is 0 Å². The van der Waals surface area contributed by atoms with Crippen molar-refractivity contribution in [2.45, 2.75) is 25.7 Å². The molecule has 80 valence electrons. The number of rotatable bonds is 2. The van der Waals surface area contributed by atoms with E-state index >= 15 is 0 Å². The van der Waals surface area contributed by atoms with E-state index in [0.29, 0.717) is 26.1 Å². The Hall–Kier alpha value is 0.0700. The van der Waals surface area contributed by atoms with Gasteiger partial charge in [-0.15, -0.1) is 12.4 Å². The summed E-state index contributed by atoms with van der Waals surface area (Å²) in [5, 5.41) is 0. The van der Waals surface area contributed by atoms with Crippen LogP contribution in [0.5, 0.6) is 0 Å². The lowest BCUT2D eigenvalue weighted by Crippen LogP contribution is -2.48. The Balaban J connectivity index is 0.00000144. The molecule has 0 aliphatic carbocycles. The van der Waals surface area contributed by atoms with Crippen LogP contribution in [0.3, 0.4) is 0 Å². The molecule has 0 radical (unpaired) electrons. The molecule has 13 heavy (non-hydrogen) atoms. The maximum atomic E-state index is 13.1. The number of nitrogens with two attached hydrogens (primary N) is 1. The normalized spacial score (nSPS) is 22.2. The van der Waals surface area contributed by atoms with Crippen LogP contribution in [-0.2, 0) is 4.74 Å². The van der Waals surface area contributed by atoms with Gasteiger partial charge < -0.3 is 10.5 Å². The maximum absolute atomic E-state index is 13.1. The van der Waals surface area contributed by atoms with E-state index in [-0.39, 0.29) is 19.0 Å². The summed E-state index contributed by atoms with van der Waals surface area (Å²) in [5.41, 5.74) is 4.37. The molecule has 0 bridgehead atoms. The standard InChI is InChI=1S/C8H15F2NO.ClH/c1-7(9,10)8(6-11)2-4-12-5-3-8;/h2-6,11H2,1H3;1H. The molecule has 1 fully saturated rings. The molecule has 0 aromatic heterocycles. The molecule has 1 rings (SSSR count). The molecule has 0 unspecified atom stereocenters. The molecule has 0 aromatic rings. The van der Waals surface area contributed by atoms with Crippen LogP contribution >= 0.6 is 12.4 Å². The zero-order chi connectivity index (χ0) is 9.24. The van der Waals surface area contributed by atoms with Crippen molar-refractivity contribution in [1.29, 1.82) is 0 Å². The minimum absolute atomic E-state index is 0. The lowest BCUT2D eigenvalue weighted by Gasteiger charge is -2.40. The summed E-state index contributed by atoms with van der Waals surface area (Å²) >= 11 is 0. The summed E-state index contributed by atoms with van der Waals surface area (Å²) in [6.45, 7) is 1.80. The van der Waals surface area contributed by atoms with Gasteiger partial charge in [-0.1, -0.05) is 0 Å². The lowest BCUT2D eigenvalue weighted by molar-refractivity contribution is -0.145. The Bertz CT molecular complexity index is 155. The van der Waals surface area contributed by atoms with Crippen molar-refractivity contribution in [2.24, 2.45) is 11.1 Å². The van der Waals surface area contributed by atoms with Crippen molar-refractivity contribution in [3.8, 4) is 0 Å². The molecule has 1 aliphatic rings. The Morgan fingerprint density at radius 2 is 1.85 bits per heavy atom. The van der Waals surface area contributed by atoms with E-state index in [0.717, 1.165) is 6.92 Å². The first-order chi connectivity index (χ1) is 5.52. The fourth-order valence-corrected chi connectivity index (χ4v) is 1.58. The van der Waals surface area contributed by atoms with Gasteiger partial charge >= 0.3 is 0 Å². The quantitative estimate of drug-likeness (QED) is 0.763. The van der Waals surface area contributed by atoms with Gasteiger partial charge in [0.25, 0.3) is 5.92 Å². The van der Waals surface area contributed by atoms with E-state index in [4.69, 9.17) is 10.5 Å². The molecule has 0 saturated carbocycles. The third-order valence-electron chi connectivity index (χ3n) is 2.77. The molecule has 1 saturated heterocycles. The monoisotopic (exact) mass is 215 g/mol. The molecular formula is C8H16ClF2NO. The average molecular weight is 216 g/mol. The Kier molecular flexibility index (Phi) is 4.55. The predicted molar refractivity (Wildman–Crippen MR) is 49.4 cm³/mol. The summed E-state index contributed by atoms with van der Waals surface area (Å²) in [4.78, 5) is 0. The Morgan fingerprint density at radius 1 is 1.38 bits per heavy atom. The van der Waals surface area contributed by atoms with Crippen molar-refractivity contribution in [3.63, 3.8) is 0 Å². The molecular weight excluding hydrogens is 200 g/mol. The van der Waals surface area contributed by atoms with E-state index < -0.39 is 11.3 Å². The summed E-state index contributed by atoms with van der Waals surface area (Å²) in [7, 11) is 0. The zero-order valence-corrected chi connectivity index (χ0v) is 8.50. The van der Waals surface area contributed by atoms with Crippen LogP contribution in [0.15, 0.2) is 0 Å². The molecule has 1 heterocycles. The van der Waals surface area contributed by atoms with Gasteiger partial charge in [0.1, 0.15) is 0 Å². The summed E-state index contributed by atoms with van der Waals surface area (Å²) in [6.07, 6.45) is 0.736. The highest BCUT2D eigenvalue weighted by Crippen LogP contribution is 2.43. The molecule has 2 nitrogen and oxygen atoms in total. The van der Waals surface area contributed by atoms with E-state index in [1.54, 1.807) is 0 Å². The molecule has 0 atom stereocenters. The highest BCUT2D eigenvalue weighted by atomic mass is 35.5. The van der Waals surface area contributed by atoms with Gasteiger partial charge in [-0.05, 0) is 19.8 Å². The molecule has 0 amide bonds. The van der Waals surface area contributed by atoms with Crippen LogP contribution in [0.25, 0.3) is 0 Å². The van der Waals surface area contributed by atoms with Crippen LogP contribution < -0.4 is 5.73 Å². The third-order valence-corrected chi connectivity index (χ3v) is 2.77. The van der Waals surface area contributed by atoms with Gasteiger partial charge in [-0.3, -0.25) is 0 Å². The van der Waals surface area contributed by atoms with Crippen LogP contribution in [0.1, 0.15) is 19.8 Å². The second-order valence-corrected chi connectivity index (χ2v) is 3.49. The number of alkyl halides is 2. The smallest absolute Gasteiger partial charge is 0.252 e. The van der Waals surface area contributed by atoms with Crippen molar-refractivity contribution < 1.29 is 13.5 Å². The largest absolute Gasteiger partial charge is 0.381 e. The van der Waals surface area contributed by atoms with Gasteiger partial charge in [-0.25, -0.2) is 8.78 Å². The maximum Gasteiger partial charge on any atom is 0.252 e. The zero-order valence-electron chi connectivity index (χ0n) is 7.69. The highest BCUT2D eigenvalue weighted by molar-refractivity contribution is 5.85. The Labute approximate surface area is 83.2 Å². The minimum atomic E-state index is -2.69. The second-order valence-electron chi connectivity index (χ2n) is 3.49. The van der Waals surface area contributed by atoms with Crippen LogP contribution in [0.4, 0.5) is 8.78 Å². The third kappa shape index (κ3) is 2.51. The van der Waals surface area contributed by atoms with Crippen LogP contribution in [0, 0.1) is 5.41 Å². The second kappa shape index (κ2) is 4.53. The van der Waals surface area contributed by atoms with Gasteiger partial charge in [0.05, 0.1) is 5.41 Å². The van der Waals surface area contributed by atoms with Crippen molar-refractivity contribution >= 4 is 12.4 Å². The van der Waals surface area contributed by atoms with Gasteiger partial charge in [0.2, 0.25) is 0 Å². The van der Waals surface area contributed by atoms with Crippen LogP contribution in [0.2, 0.25) is 0 Å². The van der Waals surface area contributed by atoms with E-state index in [9.17, 15) is 8.78 Å². The topological polar surface area (TPSA) is 35.2 Å². The summed E-state index contributed by atoms with van der Waals surface area (Å²) < 4.78 is 31.3. The molecule has 0 spiro atoms. The molecule has 2 N–H and O–H groups in total. The first-order valence-corrected chi connectivity index (χ1v) is 4.17. The number of ether oxygens (including phenoxy) is 1.